The molecular weight excluding hydrogens is 372 g/mol. The maximum atomic E-state index is 12.3. The van der Waals surface area contributed by atoms with Crippen LogP contribution in [-0.2, 0) is 11.2 Å². The van der Waals surface area contributed by atoms with Gasteiger partial charge in [0.2, 0.25) is 0 Å². The van der Waals surface area contributed by atoms with Crippen LogP contribution in [0, 0.1) is 10.1 Å². The Morgan fingerprint density at radius 1 is 1.03 bits per heavy atom. The molecule has 7 heteroatoms. The number of hydrogen-bond acceptors (Lipinski definition) is 6. The Kier molecular flexibility index (Phi) is 6.32. The summed E-state index contributed by atoms with van der Waals surface area (Å²) in [5.74, 6) is 0.0209. The molecule has 0 aliphatic carbocycles. The highest BCUT2D eigenvalue weighted by molar-refractivity contribution is 5.78. The molecule has 1 heterocycles. The van der Waals surface area contributed by atoms with Gasteiger partial charge in [0, 0.05) is 24.0 Å². The summed E-state index contributed by atoms with van der Waals surface area (Å²) in [7, 11) is 1.48. The molecule has 2 aromatic carbocycles. The quantitative estimate of drug-likeness (QED) is 0.258. The zero-order valence-corrected chi connectivity index (χ0v) is 15.6. The summed E-state index contributed by atoms with van der Waals surface area (Å²) in [4.78, 5) is 26.8. The average Bonchev–Trinajstić information content (AvgIpc) is 2.74. The molecule has 0 bridgehead atoms. The van der Waals surface area contributed by atoms with Gasteiger partial charge in [-0.25, -0.2) is 0 Å². The van der Waals surface area contributed by atoms with Crippen molar-refractivity contribution >= 4 is 23.8 Å². The molecule has 0 atom stereocenters. The van der Waals surface area contributed by atoms with Gasteiger partial charge in [0.05, 0.1) is 18.5 Å². The van der Waals surface area contributed by atoms with Crippen LogP contribution >= 0.6 is 0 Å². The van der Waals surface area contributed by atoms with Crippen LogP contribution in [0.3, 0.4) is 0 Å². The van der Waals surface area contributed by atoms with Crippen molar-refractivity contribution in [3.8, 4) is 11.5 Å². The third kappa shape index (κ3) is 5.26. The first-order valence-corrected chi connectivity index (χ1v) is 8.76. The zero-order chi connectivity index (χ0) is 20.6. The van der Waals surface area contributed by atoms with Gasteiger partial charge in [-0.3, -0.25) is 19.9 Å². The number of rotatable bonds is 7. The molecule has 0 N–H and O–H groups in total. The molecule has 3 rings (SSSR count). The number of pyridine rings is 1. The van der Waals surface area contributed by atoms with Crippen molar-refractivity contribution in [1.29, 1.82) is 0 Å². The van der Waals surface area contributed by atoms with Crippen molar-refractivity contribution in [1.82, 2.24) is 4.98 Å². The summed E-state index contributed by atoms with van der Waals surface area (Å²) < 4.78 is 10.7. The molecule has 0 unspecified atom stereocenters. The molecular formula is C22H18N2O5. The number of nitro groups is 1. The van der Waals surface area contributed by atoms with Gasteiger partial charge in [0.15, 0.2) is 11.5 Å². The number of hydrogen-bond donors (Lipinski definition) is 0. The molecule has 0 aliphatic rings. The predicted molar refractivity (Wildman–Crippen MR) is 109 cm³/mol. The third-order valence-electron chi connectivity index (χ3n) is 4.11. The van der Waals surface area contributed by atoms with Gasteiger partial charge in [0.25, 0.3) is 5.69 Å². The number of benzene rings is 2. The monoisotopic (exact) mass is 390 g/mol. The summed E-state index contributed by atoms with van der Waals surface area (Å²) in [6.07, 6.45) is 7.03. The average molecular weight is 390 g/mol. The first-order chi connectivity index (χ1) is 14.1. The molecule has 0 fully saturated rings. The molecule has 146 valence electrons. The van der Waals surface area contributed by atoms with Crippen LogP contribution < -0.4 is 9.47 Å². The molecule has 29 heavy (non-hydrogen) atoms. The molecule has 3 aromatic rings. The highest BCUT2D eigenvalue weighted by Gasteiger charge is 2.18. The number of methoxy groups -OCH3 is 1. The van der Waals surface area contributed by atoms with Gasteiger partial charge in [0.1, 0.15) is 0 Å². The van der Waals surface area contributed by atoms with E-state index in [4.69, 9.17) is 9.47 Å². The maximum absolute atomic E-state index is 12.3. The molecule has 1 aromatic heterocycles. The van der Waals surface area contributed by atoms with Gasteiger partial charge in [-0.15, -0.1) is 0 Å². The van der Waals surface area contributed by atoms with E-state index in [0.717, 1.165) is 11.1 Å². The molecule has 0 amide bonds. The Balaban J connectivity index is 1.73. The van der Waals surface area contributed by atoms with Crippen molar-refractivity contribution in [2.75, 3.05) is 7.11 Å². The van der Waals surface area contributed by atoms with Crippen LogP contribution in [0.2, 0.25) is 0 Å². The van der Waals surface area contributed by atoms with E-state index in [1.54, 1.807) is 42.7 Å². The molecule has 0 saturated heterocycles. The lowest BCUT2D eigenvalue weighted by atomic mass is 10.1. The summed E-state index contributed by atoms with van der Waals surface area (Å²) in [5.41, 5.74) is 2.03. The minimum atomic E-state index is -0.613. The van der Waals surface area contributed by atoms with Crippen LogP contribution in [0.25, 0.3) is 12.2 Å². The van der Waals surface area contributed by atoms with Crippen molar-refractivity contribution in [2.45, 2.75) is 6.42 Å². The number of esters is 1. The summed E-state index contributed by atoms with van der Waals surface area (Å²) >= 11 is 0. The standard InChI is InChI=1S/C22H18N2O5/c1-28-21-14-17(7-6-16-10-12-23-13-11-16)8-9-20(21)29-22(25)15-18-4-2-3-5-19(18)24(26)27/h2-14H,15H2,1H3/b7-6+. The Labute approximate surface area is 167 Å². The van der Waals surface area contributed by atoms with Gasteiger partial charge in [-0.1, -0.05) is 36.4 Å². The second-order valence-corrected chi connectivity index (χ2v) is 6.06. The summed E-state index contributed by atoms with van der Waals surface area (Å²) in [5, 5.41) is 11.1. The van der Waals surface area contributed by atoms with Gasteiger partial charge in [-0.05, 0) is 35.4 Å². The lowest BCUT2D eigenvalue weighted by Crippen LogP contribution is -2.13. The lowest BCUT2D eigenvalue weighted by molar-refractivity contribution is -0.385. The Morgan fingerprint density at radius 3 is 2.48 bits per heavy atom. The highest BCUT2D eigenvalue weighted by atomic mass is 16.6. The van der Waals surface area contributed by atoms with Crippen LogP contribution in [0.15, 0.2) is 67.0 Å². The molecule has 0 aliphatic heterocycles. The van der Waals surface area contributed by atoms with Crippen molar-refractivity contribution < 1.29 is 19.2 Å². The van der Waals surface area contributed by atoms with E-state index in [9.17, 15) is 14.9 Å². The largest absolute Gasteiger partial charge is 0.493 e. The number of ether oxygens (including phenoxy) is 2. The van der Waals surface area contributed by atoms with Crippen molar-refractivity contribution in [3.05, 3.63) is 93.8 Å². The van der Waals surface area contributed by atoms with Crippen LogP contribution in [-0.4, -0.2) is 23.0 Å². The first-order valence-electron chi connectivity index (χ1n) is 8.76. The van der Waals surface area contributed by atoms with E-state index in [0.29, 0.717) is 11.3 Å². The predicted octanol–water partition coefficient (Wildman–Crippen LogP) is 4.32. The number of para-hydroxylation sites is 1. The number of nitro benzene ring substituents is 1. The second-order valence-electron chi connectivity index (χ2n) is 6.06. The number of nitrogens with zero attached hydrogens (tertiary/aromatic N) is 2. The second kappa shape index (κ2) is 9.27. The van der Waals surface area contributed by atoms with Gasteiger partial charge >= 0.3 is 5.97 Å². The summed E-state index contributed by atoms with van der Waals surface area (Å²) in [6.45, 7) is 0. The van der Waals surface area contributed by atoms with Gasteiger partial charge < -0.3 is 9.47 Å². The van der Waals surface area contributed by atoms with E-state index >= 15 is 0 Å². The third-order valence-corrected chi connectivity index (χ3v) is 4.11. The topological polar surface area (TPSA) is 91.6 Å². The number of carbonyl (C=O) groups excluding carboxylic acids is 1. The zero-order valence-electron chi connectivity index (χ0n) is 15.6. The Hall–Kier alpha value is -4.00. The smallest absolute Gasteiger partial charge is 0.316 e. The van der Waals surface area contributed by atoms with E-state index in [1.165, 1.54) is 19.2 Å². The molecule has 7 nitrogen and oxygen atoms in total. The fourth-order valence-corrected chi connectivity index (χ4v) is 2.69. The lowest BCUT2D eigenvalue weighted by Gasteiger charge is -2.10. The number of carbonyl (C=O) groups is 1. The van der Waals surface area contributed by atoms with Crippen molar-refractivity contribution in [2.24, 2.45) is 0 Å². The molecule has 0 saturated carbocycles. The van der Waals surface area contributed by atoms with E-state index in [1.807, 2.05) is 24.3 Å². The number of aromatic nitrogens is 1. The van der Waals surface area contributed by atoms with Crippen LogP contribution in [0.1, 0.15) is 16.7 Å². The van der Waals surface area contributed by atoms with E-state index < -0.39 is 10.9 Å². The Bertz CT molecular complexity index is 1050. The van der Waals surface area contributed by atoms with Gasteiger partial charge in [-0.2, -0.15) is 0 Å². The SMILES string of the molecule is COc1cc(/C=C/c2ccncc2)ccc1OC(=O)Cc1ccccc1[N+](=O)[O-]. The Morgan fingerprint density at radius 2 is 1.76 bits per heavy atom. The van der Waals surface area contributed by atoms with Crippen LogP contribution in [0.4, 0.5) is 5.69 Å². The van der Waals surface area contributed by atoms with Crippen molar-refractivity contribution in [3.63, 3.8) is 0 Å². The maximum Gasteiger partial charge on any atom is 0.316 e. The van der Waals surface area contributed by atoms with E-state index in [2.05, 4.69) is 4.98 Å². The minimum Gasteiger partial charge on any atom is -0.493 e. The molecule has 0 radical (unpaired) electrons. The fraction of sp³-hybridized carbons (Fsp3) is 0.0909. The first kappa shape index (κ1) is 19.8. The minimum absolute atomic E-state index is 0.118. The highest BCUT2D eigenvalue weighted by Crippen LogP contribution is 2.29. The fourth-order valence-electron chi connectivity index (χ4n) is 2.69. The normalized spacial score (nSPS) is 10.7. The van der Waals surface area contributed by atoms with E-state index in [-0.39, 0.29) is 17.9 Å². The van der Waals surface area contributed by atoms with Crippen LogP contribution in [0.5, 0.6) is 11.5 Å². The molecule has 0 spiro atoms. The summed E-state index contributed by atoms with van der Waals surface area (Å²) in [6, 6.07) is 15.0.